The van der Waals surface area contributed by atoms with Crippen molar-refractivity contribution in [2.24, 2.45) is 0 Å². The summed E-state index contributed by atoms with van der Waals surface area (Å²) in [5.74, 6) is 0.698. The van der Waals surface area contributed by atoms with E-state index in [0.29, 0.717) is 30.4 Å². The van der Waals surface area contributed by atoms with Crippen LogP contribution in [0, 0.1) is 0 Å². The third kappa shape index (κ3) is 4.69. The molecule has 0 aliphatic carbocycles. The van der Waals surface area contributed by atoms with Gasteiger partial charge in [-0.05, 0) is 47.2 Å². The normalized spacial score (nSPS) is 13.0. The molecule has 2 aromatic carbocycles. The number of hydrogen-bond acceptors (Lipinski definition) is 6. The van der Waals surface area contributed by atoms with Crippen LogP contribution in [0.1, 0.15) is 38.2 Å². The summed E-state index contributed by atoms with van der Waals surface area (Å²) in [5, 5.41) is 15.3. The van der Waals surface area contributed by atoms with E-state index in [2.05, 4.69) is 20.8 Å². The molecule has 154 valence electrons. The SMILES string of the molecule is CCN(CC)S(=O)(=O)c1ccc([C@H](C)NCc2nnnn2-c2ccccc2)cc1. The molecule has 0 saturated heterocycles. The zero-order chi connectivity index (χ0) is 20.9. The first-order valence-corrected chi connectivity index (χ1v) is 11.1. The molecule has 3 rings (SSSR count). The van der Waals surface area contributed by atoms with Crippen molar-refractivity contribution in [1.29, 1.82) is 0 Å². The molecule has 3 aromatic rings. The van der Waals surface area contributed by atoms with Gasteiger partial charge < -0.3 is 5.32 Å². The van der Waals surface area contributed by atoms with Crippen molar-refractivity contribution in [3.8, 4) is 5.69 Å². The summed E-state index contributed by atoms with van der Waals surface area (Å²) in [7, 11) is -3.44. The molecule has 0 saturated carbocycles. The largest absolute Gasteiger partial charge is 0.303 e. The second-order valence-corrected chi connectivity index (χ2v) is 8.54. The van der Waals surface area contributed by atoms with E-state index >= 15 is 0 Å². The maximum Gasteiger partial charge on any atom is 0.243 e. The van der Waals surface area contributed by atoms with Crippen LogP contribution in [0.2, 0.25) is 0 Å². The van der Waals surface area contributed by atoms with Crippen molar-refractivity contribution >= 4 is 10.0 Å². The number of benzene rings is 2. The fraction of sp³-hybridized carbons (Fsp3) is 0.350. The molecule has 0 aliphatic rings. The Bertz CT molecular complexity index is 1010. The molecule has 0 unspecified atom stereocenters. The van der Waals surface area contributed by atoms with E-state index in [1.54, 1.807) is 16.8 Å². The smallest absolute Gasteiger partial charge is 0.243 e. The fourth-order valence-corrected chi connectivity index (χ4v) is 4.55. The molecule has 0 fully saturated rings. The van der Waals surface area contributed by atoms with E-state index in [4.69, 9.17) is 0 Å². The number of para-hydroxylation sites is 1. The molecular formula is C20H26N6O2S. The Balaban J connectivity index is 1.68. The maximum absolute atomic E-state index is 12.6. The van der Waals surface area contributed by atoms with Crippen LogP contribution >= 0.6 is 0 Å². The van der Waals surface area contributed by atoms with Gasteiger partial charge in [0.25, 0.3) is 0 Å². The van der Waals surface area contributed by atoms with Crippen molar-refractivity contribution in [3.05, 3.63) is 66.0 Å². The molecule has 0 aliphatic heterocycles. The van der Waals surface area contributed by atoms with E-state index in [1.807, 2.05) is 63.2 Å². The monoisotopic (exact) mass is 414 g/mol. The quantitative estimate of drug-likeness (QED) is 0.578. The highest BCUT2D eigenvalue weighted by Gasteiger charge is 2.21. The fourth-order valence-electron chi connectivity index (χ4n) is 3.09. The Morgan fingerprint density at radius 2 is 1.69 bits per heavy atom. The van der Waals surface area contributed by atoms with Crippen molar-refractivity contribution < 1.29 is 8.42 Å². The Kier molecular flexibility index (Phi) is 6.73. The number of nitrogens with one attached hydrogen (secondary N) is 1. The van der Waals surface area contributed by atoms with Gasteiger partial charge >= 0.3 is 0 Å². The van der Waals surface area contributed by atoms with E-state index in [0.717, 1.165) is 11.3 Å². The number of hydrogen-bond donors (Lipinski definition) is 1. The lowest BCUT2D eigenvalue weighted by molar-refractivity contribution is 0.445. The van der Waals surface area contributed by atoms with Crippen molar-refractivity contribution in [2.45, 2.75) is 38.3 Å². The summed E-state index contributed by atoms with van der Waals surface area (Å²) in [4.78, 5) is 0.310. The van der Waals surface area contributed by atoms with Crippen LogP contribution in [-0.2, 0) is 16.6 Å². The minimum Gasteiger partial charge on any atom is -0.303 e. The van der Waals surface area contributed by atoms with Gasteiger partial charge in [-0.25, -0.2) is 8.42 Å². The standard InChI is InChI=1S/C20H26N6O2S/c1-4-25(5-2)29(27,28)19-13-11-17(12-14-19)16(3)21-15-20-22-23-24-26(20)18-9-7-6-8-10-18/h6-14,16,21H,4-5,15H2,1-3H3/t16-/m0/s1. The van der Waals surface area contributed by atoms with Crippen LogP contribution < -0.4 is 5.32 Å². The van der Waals surface area contributed by atoms with Gasteiger partial charge in [0.2, 0.25) is 10.0 Å². The second-order valence-electron chi connectivity index (χ2n) is 6.60. The molecule has 1 aromatic heterocycles. The van der Waals surface area contributed by atoms with E-state index < -0.39 is 10.0 Å². The summed E-state index contributed by atoms with van der Waals surface area (Å²) in [6.07, 6.45) is 0. The van der Waals surface area contributed by atoms with Gasteiger partial charge in [0.15, 0.2) is 5.82 Å². The predicted octanol–water partition coefficient (Wildman–Crippen LogP) is 2.54. The van der Waals surface area contributed by atoms with Crippen molar-refractivity contribution in [1.82, 2.24) is 29.8 Å². The molecule has 0 radical (unpaired) electrons. The number of rotatable bonds is 9. The van der Waals surface area contributed by atoms with Crippen molar-refractivity contribution in [3.63, 3.8) is 0 Å². The lowest BCUT2D eigenvalue weighted by Crippen LogP contribution is -2.30. The number of sulfonamides is 1. The summed E-state index contributed by atoms with van der Waals surface area (Å²) in [6, 6.07) is 16.7. The maximum atomic E-state index is 12.6. The molecular weight excluding hydrogens is 388 g/mol. The highest BCUT2D eigenvalue weighted by molar-refractivity contribution is 7.89. The molecule has 29 heavy (non-hydrogen) atoms. The van der Waals surface area contributed by atoms with Gasteiger partial charge in [0, 0.05) is 19.1 Å². The number of aromatic nitrogens is 4. The average Bonchev–Trinajstić information content (AvgIpc) is 3.22. The molecule has 9 heteroatoms. The van der Waals surface area contributed by atoms with Crippen LogP contribution in [0.5, 0.6) is 0 Å². The summed E-state index contributed by atoms with van der Waals surface area (Å²) in [6.45, 7) is 7.07. The molecule has 1 atom stereocenters. The Hall–Kier alpha value is -2.62. The van der Waals surface area contributed by atoms with Gasteiger partial charge in [0.05, 0.1) is 17.1 Å². The minimum absolute atomic E-state index is 0.00105. The minimum atomic E-state index is -3.44. The second kappa shape index (κ2) is 9.25. The molecule has 8 nitrogen and oxygen atoms in total. The number of nitrogens with zero attached hydrogens (tertiary/aromatic N) is 5. The highest BCUT2D eigenvalue weighted by Crippen LogP contribution is 2.20. The van der Waals surface area contributed by atoms with E-state index in [-0.39, 0.29) is 6.04 Å². The first kappa shape index (κ1) is 21.1. The zero-order valence-electron chi connectivity index (χ0n) is 16.9. The van der Waals surface area contributed by atoms with Crippen LogP contribution in [0.15, 0.2) is 59.5 Å². The summed E-state index contributed by atoms with van der Waals surface area (Å²) < 4.78 is 28.4. The lowest BCUT2D eigenvalue weighted by atomic mass is 10.1. The molecule has 0 bridgehead atoms. The summed E-state index contributed by atoms with van der Waals surface area (Å²) >= 11 is 0. The highest BCUT2D eigenvalue weighted by atomic mass is 32.2. The molecule has 1 N–H and O–H groups in total. The van der Waals surface area contributed by atoms with Crippen LogP contribution in [0.4, 0.5) is 0 Å². The lowest BCUT2D eigenvalue weighted by Gasteiger charge is -2.19. The Labute approximate surface area is 171 Å². The van der Waals surface area contributed by atoms with E-state index in [1.165, 1.54) is 4.31 Å². The average molecular weight is 415 g/mol. The third-order valence-corrected chi connectivity index (χ3v) is 6.89. The third-order valence-electron chi connectivity index (χ3n) is 4.82. The van der Waals surface area contributed by atoms with Crippen molar-refractivity contribution in [2.75, 3.05) is 13.1 Å². The van der Waals surface area contributed by atoms with E-state index in [9.17, 15) is 8.42 Å². The first-order chi connectivity index (χ1) is 14.0. The van der Waals surface area contributed by atoms with Gasteiger partial charge in [-0.1, -0.05) is 44.2 Å². The van der Waals surface area contributed by atoms with Gasteiger partial charge in [-0.3, -0.25) is 0 Å². The molecule has 1 heterocycles. The van der Waals surface area contributed by atoms with Crippen LogP contribution in [0.25, 0.3) is 5.69 Å². The zero-order valence-corrected chi connectivity index (χ0v) is 17.7. The van der Waals surface area contributed by atoms with Crippen LogP contribution in [0.3, 0.4) is 0 Å². The Morgan fingerprint density at radius 3 is 2.31 bits per heavy atom. The molecule has 0 spiro atoms. The molecule has 0 amide bonds. The first-order valence-electron chi connectivity index (χ1n) is 9.63. The topological polar surface area (TPSA) is 93.0 Å². The van der Waals surface area contributed by atoms with Gasteiger partial charge in [-0.15, -0.1) is 5.10 Å². The Morgan fingerprint density at radius 1 is 1.03 bits per heavy atom. The van der Waals surface area contributed by atoms with Gasteiger partial charge in [0.1, 0.15) is 0 Å². The number of tetrazole rings is 1. The van der Waals surface area contributed by atoms with Crippen LogP contribution in [-0.4, -0.2) is 46.0 Å². The summed E-state index contributed by atoms with van der Waals surface area (Å²) in [5.41, 5.74) is 1.88. The predicted molar refractivity (Wildman–Crippen MR) is 111 cm³/mol. The van der Waals surface area contributed by atoms with Gasteiger partial charge in [-0.2, -0.15) is 8.99 Å².